The third-order valence-corrected chi connectivity index (χ3v) is 7.91. The fourth-order valence-corrected chi connectivity index (χ4v) is 5.88. The predicted molar refractivity (Wildman–Crippen MR) is 127 cm³/mol. The first-order valence-electron chi connectivity index (χ1n) is 10.2. The van der Waals surface area contributed by atoms with Crippen molar-refractivity contribution in [1.29, 1.82) is 0 Å². The second kappa shape index (κ2) is 9.29. The maximum Gasteiger partial charge on any atom is 0.226 e. The van der Waals surface area contributed by atoms with Crippen LogP contribution >= 0.6 is 34.7 Å². The molecule has 0 bridgehead atoms. The van der Waals surface area contributed by atoms with E-state index < -0.39 is 31.1 Å². The Balaban J connectivity index is 1.34. The molecule has 1 aromatic carbocycles. The number of anilines is 1. The van der Waals surface area contributed by atoms with Gasteiger partial charge in [0.15, 0.2) is 27.5 Å². The summed E-state index contributed by atoms with van der Waals surface area (Å²) in [5, 5.41) is 33.1. The Hall–Kier alpha value is -2.06. The summed E-state index contributed by atoms with van der Waals surface area (Å²) in [5.41, 5.74) is 1.79. The number of hydrogen-bond donors (Lipinski definition) is 4. The average Bonchev–Trinajstić information content (AvgIpc) is 3.48. The highest BCUT2D eigenvalue weighted by Crippen LogP contribution is 2.33. The molecular weight excluding hydrogens is 488 g/mol. The minimum atomic E-state index is -1.26. The highest BCUT2D eigenvalue weighted by atomic mass is 35.5. The third kappa shape index (κ3) is 4.39. The van der Waals surface area contributed by atoms with E-state index in [1.807, 2.05) is 25.1 Å². The van der Waals surface area contributed by atoms with E-state index >= 15 is 0 Å². The lowest BCUT2D eigenvalue weighted by molar-refractivity contribution is -0.0511. The lowest BCUT2D eigenvalue weighted by Crippen LogP contribution is -2.33. The van der Waals surface area contributed by atoms with E-state index in [9.17, 15) is 15.3 Å². The molecule has 5 atom stereocenters. The van der Waals surface area contributed by atoms with Crippen LogP contribution in [0.1, 0.15) is 13.2 Å². The van der Waals surface area contributed by atoms with Crippen molar-refractivity contribution in [3.8, 4) is 0 Å². The van der Waals surface area contributed by atoms with Gasteiger partial charge in [-0.3, -0.25) is 4.57 Å². The molecule has 4 heterocycles. The number of thiazole rings is 1. The highest BCUT2D eigenvalue weighted by molar-refractivity contribution is 8.01. The van der Waals surface area contributed by atoms with Crippen LogP contribution in [-0.2, 0) is 4.74 Å². The molecule has 0 radical (unpaired) electrons. The zero-order valence-electron chi connectivity index (χ0n) is 17.4. The number of para-hydroxylation sites is 1. The summed E-state index contributed by atoms with van der Waals surface area (Å²) in [7, 11) is 0. The maximum atomic E-state index is 10.4. The van der Waals surface area contributed by atoms with E-state index in [2.05, 4.69) is 31.3 Å². The molecule has 4 aromatic rings. The summed E-state index contributed by atoms with van der Waals surface area (Å²) in [5.74, 6) is 1.19. The number of benzene rings is 1. The second-order valence-electron chi connectivity index (χ2n) is 7.70. The van der Waals surface area contributed by atoms with E-state index in [4.69, 9.17) is 16.3 Å². The molecule has 0 spiro atoms. The number of imidazole rings is 1. The smallest absolute Gasteiger partial charge is 0.226 e. The quantitative estimate of drug-likeness (QED) is 0.217. The number of aliphatic hydroxyl groups is 3. The SMILES string of the molecule is C[C@H](CSc1nc2ccccc2s1)Nc1nc(Cl)nc2c1ncn2[C@@H]1O[C@H](CO)C(O)C1O. The minimum Gasteiger partial charge on any atom is -0.394 e. The molecule has 4 N–H and O–H groups in total. The maximum absolute atomic E-state index is 10.4. The van der Waals surface area contributed by atoms with Crippen molar-refractivity contribution < 1.29 is 20.1 Å². The first-order chi connectivity index (χ1) is 15.9. The van der Waals surface area contributed by atoms with Gasteiger partial charge in [-0.2, -0.15) is 9.97 Å². The lowest BCUT2D eigenvalue weighted by Gasteiger charge is -2.17. The van der Waals surface area contributed by atoms with Crippen molar-refractivity contribution in [1.82, 2.24) is 24.5 Å². The highest BCUT2D eigenvalue weighted by Gasteiger charge is 2.44. The first kappa shape index (κ1) is 22.7. The molecule has 10 nitrogen and oxygen atoms in total. The average molecular weight is 509 g/mol. The van der Waals surface area contributed by atoms with Crippen LogP contribution in [0.5, 0.6) is 0 Å². The van der Waals surface area contributed by atoms with Gasteiger partial charge in [-0.25, -0.2) is 9.97 Å². The van der Waals surface area contributed by atoms with Crippen LogP contribution in [-0.4, -0.2) is 76.5 Å². The molecular formula is C20H21ClN6O4S2. The number of fused-ring (bicyclic) bond motifs is 2. The predicted octanol–water partition coefficient (Wildman–Crippen LogP) is 2.29. The summed E-state index contributed by atoms with van der Waals surface area (Å²) in [6.07, 6.45) is -2.91. The number of aliphatic hydroxyl groups excluding tert-OH is 3. The van der Waals surface area contributed by atoms with Gasteiger partial charge in [0.1, 0.15) is 18.3 Å². The van der Waals surface area contributed by atoms with Crippen LogP contribution in [0.15, 0.2) is 34.9 Å². The van der Waals surface area contributed by atoms with Crippen LogP contribution in [0.3, 0.4) is 0 Å². The molecule has 1 fully saturated rings. The molecule has 33 heavy (non-hydrogen) atoms. The van der Waals surface area contributed by atoms with Gasteiger partial charge >= 0.3 is 0 Å². The number of nitrogens with zero attached hydrogens (tertiary/aromatic N) is 5. The van der Waals surface area contributed by atoms with Crippen LogP contribution in [0.25, 0.3) is 21.4 Å². The fraction of sp³-hybridized carbons (Fsp3) is 0.400. The van der Waals surface area contributed by atoms with Gasteiger partial charge in [0.05, 0.1) is 23.2 Å². The zero-order chi connectivity index (χ0) is 23.1. The van der Waals surface area contributed by atoms with Gasteiger partial charge in [-0.15, -0.1) is 11.3 Å². The number of ether oxygens (including phenoxy) is 1. The first-order valence-corrected chi connectivity index (χ1v) is 12.4. The molecule has 5 rings (SSSR count). The molecule has 174 valence electrons. The Labute approximate surface area is 201 Å². The normalized spacial score (nSPS) is 24.0. The molecule has 2 unspecified atom stereocenters. The minimum absolute atomic E-state index is 0.00418. The van der Waals surface area contributed by atoms with Crippen molar-refractivity contribution in [2.24, 2.45) is 0 Å². The molecule has 1 aliphatic rings. The summed E-state index contributed by atoms with van der Waals surface area (Å²) in [4.78, 5) is 17.6. The summed E-state index contributed by atoms with van der Waals surface area (Å²) >= 11 is 9.48. The van der Waals surface area contributed by atoms with Gasteiger partial charge in [-0.1, -0.05) is 23.9 Å². The number of rotatable bonds is 7. The van der Waals surface area contributed by atoms with E-state index in [-0.39, 0.29) is 11.3 Å². The van der Waals surface area contributed by atoms with Gasteiger partial charge in [0, 0.05) is 11.8 Å². The van der Waals surface area contributed by atoms with E-state index in [0.29, 0.717) is 17.0 Å². The standard InChI is InChI=1S/C20H21ClN6O4S2/c1-9(7-32-20-24-10-4-2-3-5-12(10)33-20)23-16-13-17(26-19(21)25-16)27(8-22-13)18-15(30)14(29)11(6-28)31-18/h2-5,8-9,11,14-15,18,28-30H,6-7H2,1H3,(H,23,25,26)/t9-,11-,14?,15?,18-/m1/s1. The third-order valence-electron chi connectivity index (χ3n) is 5.30. The van der Waals surface area contributed by atoms with Crippen LogP contribution in [0.2, 0.25) is 5.28 Å². The summed E-state index contributed by atoms with van der Waals surface area (Å²) in [6, 6.07) is 8.05. The molecule has 1 aliphatic heterocycles. The van der Waals surface area contributed by atoms with Crippen LogP contribution < -0.4 is 5.32 Å². The van der Waals surface area contributed by atoms with Crippen molar-refractivity contribution >= 4 is 61.9 Å². The Kier molecular flexibility index (Phi) is 6.40. The number of nitrogens with one attached hydrogen (secondary N) is 1. The van der Waals surface area contributed by atoms with Gasteiger partial charge in [-0.05, 0) is 30.7 Å². The molecule has 1 saturated heterocycles. The van der Waals surface area contributed by atoms with Crippen molar-refractivity contribution in [2.75, 3.05) is 17.7 Å². The Bertz CT molecular complexity index is 1250. The number of aromatic nitrogens is 5. The van der Waals surface area contributed by atoms with Crippen molar-refractivity contribution in [3.05, 3.63) is 35.9 Å². The van der Waals surface area contributed by atoms with Gasteiger partial charge in [0.25, 0.3) is 0 Å². The van der Waals surface area contributed by atoms with Gasteiger partial charge < -0.3 is 25.4 Å². The number of thioether (sulfide) groups is 1. The number of halogens is 1. The van der Waals surface area contributed by atoms with E-state index in [1.165, 1.54) is 10.9 Å². The Morgan fingerprint density at radius 2 is 2.06 bits per heavy atom. The monoisotopic (exact) mass is 508 g/mol. The molecule has 3 aromatic heterocycles. The van der Waals surface area contributed by atoms with E-state index in [0.717, 1.165) is 20.3 Å². The van der Waals surface area contributed by atoms with Crippen LogP contribution in [0, 0.1) is 0 Å². The van der Waals surface area contributed by atoms with Crippen LogP contribution in [0.4, 0.5) is 5.82 Å². The topological polar surface area (TPSA) is 138 Å². The van der Waals surface area contributed by atoms with Gasteiger partial charge in [0.2, 0.25) is 5.28 Å². The Morgan fingerprint density at radius 3 is 2.82 bits per heavy atom. The van der Waals surface area contributed by atoms with E-state index in [1.54, 1.807) is 23.1 Å². The molecule has 0 amide bonds. The van der Waals surface area contributed by atoms with Crippen molar-refractivity contribution in [3.63, 3.8) is 0 Å². The molecule has 0 saturated carbocycles. The zero-order valence-corrected chi connectivity index (χ0v) is 19.8. The van der Waals surface area contributed by atoms with Crippen molar-refractivity contribution in [2.45, 2.75) is 41.8 Å². The molecule has 13 heteroatoms. The summed E-state index contributed by atoms with van der Waals surface area (Å²) < 4.78 is 9.23. The fourth-order valence-electron chi connectivity index (χ4n) is 3.67. The Morgan fingerprint density at radius 1 is 1.24 bits per heavy atom. The second-order valence-corrected chi connectivity index (χ2v) is 10.3. The lowest BCUT2D eigenvalue weighted by atomic mass is 10.1. The number of hydrogen-bond acceptors (Lipinski definition) is 11. The summed E-state index contributed by atoms with van der Waals surface area (Å²) in [6.45, 7) is 1.60. The largest absolute Gasteiger partial charge is 0.394 e. The molecule has 0 aliphatic carbocycles.